The lowest BCUT2D eigenvalue weighted by Gasteiger charge is -2.25. The van der Waals surface area contributed by atoms with Gasteiger partial charge in [-0.2, -0.15) is 0 Å². The molecule has 0 amide bonds. The predicted molar refractivity (Wildman–Crippen MR) is 64.8 cm³/mol. The van der Waals surface area contributed by atoms with Crippen molar-refractivity contribution >= 4 is 0 Å². The Balaban J connectivity index is 2.21. The monoisotopic (exact) mass is 221 g/mol. The molecule has 88 valence electrons. The van der Waals surface area contributed by atoms with Crippen LogP contribution in [0.3, 0.4) is 0 Å². The van der Waals surface area contributed by atoms with Crippen LogP contribution in [0, 0.1) is 11.7 Å². The van der Waals surface area contributed by atoms with E-state index in [1.807, 2.05) is 12.1 Å². The second-order valence-corrected chi connectivity index (χ2v) is 4.60. The molecule has 1 atom stereocenters. The van der Waals surface area contributed by atoms with E-state index < -0.39 is 0 Å². The highest BCUT2D eigenvalue weighted by Gasteiger charge is 2.27. The highest BCUT2D eigenvalue weighted by atomic mass is 19.1. The van der Waals surface area contributed by atoms with Crippen LogP contribution in [0.1, 0.15) is 44.2 Å². The summed E-state index contributed by atoms with van der Waals surface area (Å²) < 4.78 is 13.8. The average Bonchev–Trinajstić information content (AvgIpc) is 2.80. The van der Waals surface area contributed by atoms with E-state index in [9.17, 15) is 4.39 Å². The molecule has 1 aromatic rings. The van der Waals surface area contributed by atoms with Gasteiger partial charge in [0.15, 0.2) is 0 Å². The zero-order valence-corrected chi connectivity index (χ0v) is 9.88. The summed E-state index contributed by atoms with van der Waals surface area (Å²) in [6.45, 7) is 2.98. The lowest BCUT2D eigenvalue weighted by Crippen LogP contribution is -2.27. The van der Waals surface area contributed by atoms with Crippen LogP contribution in [-0.2, 0) is 0 Å². The van der Waals surface area contributed by atoms with Gasteiger partial charge in [0.1, 0.15) is 5.82 Å². The number of hydrogen-bond acceptors (Lipinski definition) is 1. The van der Waals surface area contributed by atoms with E-state index >= 15 is 0 Å². The molecule has 0 spiro atoms. The first kappa shape index (κ1) is 11.6. The molecule has 1 unspecified atom stereocenters. The molecule has 0 heterocycles. The van der Waals surface area contributed by atoms with Crippen LogP contribution < -0.4 is 5.32 Å². The Hall–Kier alpha value is -0.890. The number of rotatable bonds is 4. The van der Waals surface area contributed by atoms with Gasteiger partial charge < -0.3 is 5.32 Å². The van der Waals surface area contributed by atoms with Crippen molar-refractivity contribution in [1.82, 2.24) is 5.32 Å². The summed E-state index contributed by atoms with van der Waals surface area (Å²) in [4.78, 5) is 0. The first-order valence-electron chi connectivity index (χ1n) is 6.30. The molecule has 0 aliphatic heterocycles. The van der Waals surface area contributed by atoms with Crippen LogP contribution in [0.4, 0.5) is 4.39 Å². The number of hydrogen-bond donors (Lipinski definition) is 1. The minimum absolute atomic E-state index is 0.0691. The van der Waals surface area contributed by atoms with Crippen molar-refractivity contribution in [3.05, 3.63) is 35.6 Å². The quantitative estimate of drug-likeness (QED) is 0.818. The molecule has 2 heteroatoms. The van der Waals surface area contributed by atoms with Crippen molar-refractivity contribution in [1.29, 1.82) is 0 Å². The van der Waals surface area contributed by atoms with Gasteiger partial charge >= 0.3 is 0 Å². The van der Waals surface area contributed by atoms with Crippen molar-refractivity contribution in [3.8, 4) is 0 Å². The number of halogens is 1. The highest BCUT2D eigenvalue weighted by molar-refractivity contribution is 5.22. The topological polar surface area (TPSA) is 12.0 Å². The molecule has 1 fully saturated rings. The Morgan fingerprint density at radius 2 is 2.00 bits per heavy atom. The minimum atomic E-state index is -0.0691. The van der Waals surface area contributed by atoms with Crippen LogP contribution >= 0.6 is 0 Å². The van der Waals surface area contributed by atoms with Gasteiger partial charge in [-0.05, 0) is 31.4 Å². The molecule has 1 aliphatic carbocycles. The normalized spacial score (nSPS) is 18.9. The first-order chi connectivity index (χ1) is 7.83. The summed E-state index contributed by atoms with van der Waals surface area (Å²) in [7, 11) is 0. The Morgan fingerprint density at radius 3 is 2.62 bits per heavy atom. The van der Waals surface area contributed by atoms with Gasteiger partial charge in [-0.1, -0.05) is 38.0 Å². The molecule has 0 radical (unpaired) electrons. The van der Waals surface area contributed by atoms with Crippen molar-refractivity contribution in [2.45, 2.75) is 38.6 Å². The standard InChI is InChI=1S/C14H20FN/c1-2-16-14(11-7-3-4-8-11)12-9-5-6-10-13(12)15/h5-6,9-11,14,16H,2-4,7-8H2,1H3. The average molecular weight is 221 g/mol. The molecule has 1 aliphatic rings. The van der Waals surface area contributed by atoms with Crippen LogP contribution in [-0.4, -0.2) is 6.54 Å². The van der Waals surface area contributed by atoms with Crippen molar-refractivity contribution < 1.29 is 4.39 Å². The molecule has 0 aromatic heterocycles. The van der Waals surface area contributed by atoms with Gasteiger partial charge in [0, 0.05) is 11.6 Å². The third-order valence-corrected chi connectivity index (χ3v) is 3.54. The van der Waals surface area contributed by atoms with Crippen LogP contribution in [0.15, 0.2) is 24.3 Å². The number of benzene rings is 1. The first-order valence-corrected chi connectivity index (χ1v) is 6.30. The maximum Gasteiger partial charge on any atom is 0.127 e. The van der Waals surface area contributed by atoms with Gasteiger partial charge in [-0.15, -0.1) is 0 Å². The predicted octanol–water partition coefficient (Wildman–Crippen LogP) is 3.67. The zero-order valence-electron chi connectivity index (χ0n) is 9.88. The maximum atomic E-state index is 13.8. The minimum Gasteiger partial charge on any atom is -0.310 e. The Labute approximate surface area is 97.1 Å². The van der Waals surface area contributed by atoms with E-state index in [0.29, 0.717) is 5.92 Å². The van der Waals surface area contributed by atoms with Crippen molar-refractivity contribution in [3.63, 3.8) is 0 Å². The molecule has 1 saturated carbocycles. The summed E-state index contributed by atoms with van der Waals surface area (Å²) in [5.74, 6) is 0.539. The fraction of sp³-hybridized carbons (Fsp3) is 0.571. The van der Waals surface area contributed by atoms with E-state index in [1.165, 1.54) is 25.7 Å². The maximum absolute atomic E-state index is 13.8. The fourth-order valence-corrected chi connectivity index (χ4v) is 2.77. The summed E-state index contributed by atoms with van der Waals surface area (Å²) >= 11 is 0. The van der Waals surface area contributed by atoms with Crippen molar-refractivity contribution in [2.24, 2.45) is 5.92 Å². The Morgan fingerprint density at radius 1 is 1.31 bits per heavy atom. The molecule has 16 heavy (non-hydrogen) atoms. The van der Waals surface area contributed by atoms with Crippen LogP contribution in [0.2, 0.25) is 0 Å². The molecule has 0 saturated heterocycles. The van der Waals surface area contributed by atoms with Crippen molar-refractivity contribution in [2.75, 3.05) is 6.54 Å². The zero-order chi connectivity index (χ0) is 11.4. The lowest BCUT2D eigenvalue weighted by molar-refractivity contribution is 0.363. The van der Waals surface area contributed by atoms with Crippen LogP contribution in [0.5, 0.6) is 0 Å². The fourth-order valence-electron chi connectivity index (χ4n) is 2.77. The van der Waals surface area contributed by atoms with E-state index in [2.05, 4.69) is 12.2 Å². The largest absolute Gasteiger partial charge is 0.310 e. The second-order valence-electron chi connectivity index (χ2n) is 4.60. The molecule has 2 rings (SSSR count). The molecule has 1 N–H and O–H groups in total. The van der Waals surface area contributed by atoms with E-state index in [-0.39, 0.29) is 11.9 Å². The van der Waals surface area contributed by atoms with Gasteiger partial charge in [-0.25, -0.2) is 4.39 Å². The van der Waals surface area contributed by atoms with Gasteiger partial charge in [-0.3, -0.25) is 0 Å². The van der Waals surface area contributed by atoms with E-state index in [4.69, 9.17) is 0 Å². The van der Waals surface area contributed by atoms with Gasteiger partial charge in [0.05, 0.1) is 0 Å². The third-order valence-electron chi connectivity index (χ3n) is 3.54. The SMILES string of the molecule is CCNC(c1ccccc1F)C1CCCC1. The molecule has 1 nitrogen and oxygen atoms in total. The lowest BCUT2D eigenvalue weighted by atomic mass is 9.91. The number of nitrogens with one attached hydrogen (secondary N) is 1. The summed E-state index contributed by atoms with van der Waals surface area (Å²) in [6.07, 6.45) is 5.04. The smallest absolute Gasteiger partial charge is 0.127 e. The summed E-state index contributed by atoms with van der Waals surface area (Å²) in [6, 6.07) is 7.37. The molecular formula is C14H20FN. The Kier molecular flexibility index (Phi) is 3.94. The van der Waals surface area contributed by atoms with Gasteiger partial charge in [0.25, 0.3) is 0 Å². The van der Waals surface area contributed by atoms with E-state index in [0.717, 1.165) is 12.1 Å². The molecule has 0 bridgehead atoms. The van der Waals surface area contributed by atoms with Crippen LogP contribution in [0.25, 0.3) is 0 Å². The highest BCUT2D eigenvalue weighted by Crippen LogP contribution is 2.36. The summed E-state index contributed by atoms with van der Waals surface area (Å²) in [5.41, 5.74) is 0.844. The molecular weight excluding hydrogens is 201 g/mol. The van der Waals surface area contributed by atoms with Gasteiger partial charge in [0.2, 0.25) is 0 Å². The summed E-state index contributed by atoms with van der Waals surface area (Å²) in [5, 5.41) is 3.44. The third kappa shape index (κ3) is 2.43. The Bertz CT molecular complexity index is 331. The molecule has 1 aromatic carbocycles. The second kappa shape index (κ2) is 5.44. The van der Waals surface area contributed by atoms with E-state index in [1.54, 1.807) is 12.1 Å².